The fraction of sp³-hybridized carbons (Fsp3) is 0.231. The van der Waals surface area contributed by atoms with Crippen LogP contribution in [0.3, 0.4) is 0 Å². The van der Waals surface area contributed by atoms with Crippen molar-refractivity contribution in [2.45, 2.75) is 38.8 Å². The second-order valence-corrected chi connectivity index (χ2v) is 9.95. The lowest BCUT2D eigenvalue weighted by Gasteiger charge is -2.12. The number of aromatic nitrogens is 2. The molecule has 35 heavy (non-hydrogen) atoms. The van der Waals surface area contributed by atoms with Crippen LogP contribution < -0.4 is 16.6 Å². The number of Topliss-reactive ketones (excluding diaryl/α,β-unsaturated/α-hetero) is 1. The van der Waals surface area contributed by atoms with E-state index < -0.39 is 5.69 Å². The summed E-state index contributed by atoms with van der Waals surface area (Å²) >= 11 is 4.61. The number of benzene rings is 2. The van der Waals surface area contributed by atoms with Crippen molar-refractivity contribution >= 4 is 54.9 Å². The predicted molar refractivity (Wildman–Crippen MR) is 142 cm³/mol. The maximum absolute atomic E-state index is 13.2. The van der Waals surface area contributed by atoms with E-state index in [9.17, 15) is 19.2 Å². The van der Waals surface area contributed by atoms with Crippen LogP contribution in [0, 0.1) is 0 Å². The van der Waals surface area contributed by atoms with E-state index in [1.807, 2.05) is 30.3 Å². The van der Waals surface area contributed by atoms with Gasteiger partial charge in [-0.15, -0.1) is 11.3 Å². The van der Waals surface area contributed by atoms with Crippen LogP contribution in [-0.4, -0.2) is 20.8 Å². The molecule has 0 saturated carbocycles. The van der Waals surface area contributed by atoms with E-state index in [0.29, 0.717) is 41.5 Å². The van der Waals surface area contributed by atoms with Gasteiger partial charge in [0.1, 0.15) is 4.70 Å². The number of nitrogens with one attached hydrogen (secondary N) is 1. The lowest BCUT2D eigenvalue weighted by molar-refractivity contribution is -0.116. The molecule has 0 radical (unpaired) electrons. The van der Waals surface area contributed by atoms with Crippen molar-refractivity contribution in [1.29, 1.82) is 0 Å². The van der Waals surface area contributed by atoms with Gasteiger partial charge in [0.2, 0.25) is 5.91 Å². The quantitative estimate of drug-likeness (QED) is 0.219. The number of ketones is 1. The Morgan fingerprint density at radius 1 is 0.886 bits per heavy atom. The molecule has 1 N–H and O–H groups in total. The number of thiophene rings is 1. The van der Waals surface area contributed by atoms with Crippen molar-refractivity contribution in [3.63, 3.8) is 0 Å². The van der Waals surface area contributed by atoms with Crippen LogP contribution in [-0.2, 0) is 17.9 Å². The van der Waals surface area contributed by atoms with E-state index in [-0.39, 0.29) is 30.3 Å². The van der Waals surface area contributed by atoms with Crippen molar-refractivity contribution in [1.82, 2.24) is 9.13 Å². The number of carbonyl (C=O) groups is 2. The number of halogens is 1. The van der Waals surface area contributed by atoms with Crippen LogP contribution in [0.15, 0.2) is 80.1 Å². The van der Waals surface area contributed by atoms with Gasteiger partial charge in [0.25, 0.3) is 5.56 Å². The zero-order chi connectivity index (χ0) is 24.8. The van der Waals surface area contributed by atoms with Gasteiger partial charge in [-0.2, -0.15) is 0 Å². The fourth-order valence-electron chi connectivity index (χ4n) is 3.83. The molecule has 2 aromatic heterocycles. The molecule has 0 bridgehead atoms. The van der Waals surface area contributed by atoms with E-state index in [0.717, 1.165) is 10.2 Å². The van der Waals surface area contributed by atoms with E-state index in [1.54, 1.807) is 35.7 Å². The highest BCUT2D eigenvalue weighted by atomic mass is 79.9. The Balaban J connectivity index is 1.42. The van der Waals surface area contributed by atoms with Crippen LogP contribution in [0.1, 0.15) is 36.0 Å². The number of hydrogen-bond acceptors (Lipinski definition) is 5. The Morgan fingerprint density at radius 3 is 2.37 bits per heavy atom. The minimum atomic E-state index is -0.492. The first-order chi connectivity index (χ1) is 16.9. The van der Waals surface area contributed by atoms with Gasteiger partial charge >= 0.3 is 5.69 Å². The number of anilines is 1. The van der Waals surface area contributed by atoms with Crippen molar-refractivity contribution < 1.29 is 9.59 Å². The maximum atomic E-state index is 13.2. The number of carbonyl (C=O) groups excluding carboxylic acids is 2. The predicted octanol–water partition coefficient (Wildman–Crippen LogP) is 5.07. The average molecular weight is 554 g/mol. The molecule has 2 heterocycles. The third-order valence-corrected chi connectivity index (χ3v) is 7.07. The molecule has 0 spiro atoms. The van der Waals surface area contributed by atoms with Crippen molar-refractivity contribution in [3.05, 3.63) is 96.9 Å². The van der Waals surface area contributed by atoms with Crippen LogP contribution >= 0.6 is 27.3 Å². The topological polar surface area (TPSA) is 90.2 Å². The Kier molecular flexibility index (Phi) is 8.09. The van der Waals surface area contributed by atoms with Crippen LogP contribution in [0.4, 0.5) is 5.69 Å². The first-order valence-electron chi connectivity index (χ1n) is 11.3. The molecule has 7 nitrogen and oxygen atoms in total. The third-order valence-electron chi connectivity index (χ3n) is 5.65. The van der Waals surface area contributed by atoms with Crippen molar-refractivity contribution in [3.8, 4) is 0 Å². The molecule has 0 aliphatic heterocycles. The maximum Gasteiger partial charge on any atom is 0.331 e. The average Bonchev–Trinajstić information content (AvgIpc) is 3.34. The highest BCUT2D eigenvalue weighted by Crippen LogP contribution is 2.17. The summed E-state index contributed by atoms with van der Waals surface area (Å²) in [6.07, 6.45) is 2.27. The number of rotatable bonds is 10. The van der Waals surface area contributed by atoms with E-state index in [2.05, 4.69) is 21.2 Å². The highest BCUT2D eigenvalue weighted by Gasteiger charge is 2.17. The summed E-state index contributed by atoms with van der Waals surface area (Å²) in [4.78, 5) is 51.1. The molecule has 2 aromatic carbocycles. The zero-order valence-corrected chi connectivity index (χ0v) is 21.3. The first kappa shape index (κ1) is 24.8. The molecule has 0 saturated heterocycles. The van der Waals surface area contributed by atoms with Crippen molar-refractivity contribution in [2.24, 2.45) is 0 Å². The van der Waals surface area contributed by atoms with Crippen LogP contribution in [0.2, 0.25) is 0 Å². The minimum Gasteiger partial charge on any atom is -0.326 e. The molecular weight excluding hydrogens is 530 g/mol. The number of hydrogen-bond donors (Lipinski definition) is 1. The largest absolute Gasteiger partial charge is 0.331 e. The summed E-state index contributed by atoms with van der Waals surface area (Å²) in [6, 6.07) is 17.9. The molecule has 0 fully saturated rings. The molecule has 0 unspecified atom stereocenters. The summed E-state index contributed by atoms with van der Waals surface area (Å²) in [5.41, 5.74) is 0.896. The third kappa shape index (κ3) is 6.04. The number of unbranched alkanes of at least 4 members (excludes halogenated alkanes) is 2. The Hall–Kier alpha value is -3.30. The van der Waals surface area contributed by atoms with Crippen molar-refractivity contribution in [2.75, 3.05) is 5.32 Å². The Labute approximate surface area is 214 Å². The smallest absolute Gasteiger partial charge is 0.326 e. The van der Waals surface area contributed by atoms with Gasteiger partial charge in [0.15, 0.2) is 5.78 Å². The van der Waals surface area contributed by atoms with Gasteiger partial charge < -0.3 is 5.32 Å². The molecule has 0 aliphatic carbocycles. The van der Waals surface area contributed by atoms with Crippen LogP contribution in [0.5, 0.6) is 0 Å². The molecule has 9 heteroatoms. The lowest BCUT2D eigenvalue weighted by Crippen LogP contribution is -2.40. The molecule has 4 rings (SSSR count). The standard InChI is InChI=1S/C26H24BrN3O4S/c27-19-12-10-18(11-13-19)22(31)17-30-21-14-16-35-24(21)25(33)29(26(30)34)15-6-2-5-9-23(32)28-20-7-3-1-4-8-20/h1,3-4,7-8,10-14,16H,2,5-6,9,15,17H2,(H,28,32). The zero-order valence-electron chi connectivity index (χ0n) is 18.9. The van der Waals surface area contributed by atoms with Gasteiger partial charge in [-0.25, -0.2) is 4.79 Å². The highest BCUT2D eigenvalue weighted by molar-refractivity contribution is 9.10. The monoisotopic (exact) mass is 553 g/mol. The molecule has 180 valence electrons. The lowest BCUT2D eigenvalue weighted by atomic mass is 10.1. The summed E-state index contributed by atoms with van der Waals surface area (Å²) in [6.45, 7) is 0.0892. The second-order valence-electron chi connectivity index (χ2n) is 8.12. The molecule has 0 atom stereocenters. The summed E-state index contributed by atoms with van der Waals surface area (Å²) < 4.78 is 3.90. The minimum absolute atomic E-state index is 0.0674. The number of nitrogens with zero attached hydrogens (tertiary/aromatic N) is 2. The molecule has 0 aliphatic rings. The van der Waals surface area contributed by atoms with E-state index >= 15 is 0 Å². The summed E-state index contributed by atoms with van der Waals surface area (Å²) in [7, 11) is 0. The van der Waals surface area contributed by atoms with Gasteiger partial charge in [-0.1, -0.05) is 52.7 Å². The Bertz CT molecular complexity index is 1460. The number of amides is 1. The van der Waals surface area contributed by atoms with Gasteiger partial charge in [-0.05, 0) is 48.6 Å². The Morgan fingerprint density at radius 2 is 1.63 bits per heavy atom. The first-order valence-corrected chi connectivity index (χ1v) is 13.0. The van der Waals surface area contributed by atoms with Gasteiger partial charge in [0.05, 0.1) is 12.1 Å². The van der Waals surface area contributed by atoms with E-state index in [1.165, 1.54) is 20.5 Å². The summed E-state index contributed by atoms with van der Waals surface area (Å²) in [5.74, 6) is -0.274. The van der Waals surface area contributed by atoms with Gasteiger partial charge in [0, 0.05) is 28.7 Å². The molecule has 4 aromatic rings. The van der Waals surface area contributed by atoms with Gasteiger partial charge in [-0.3, -0.25) is 23.5 Å². The van der Waals surface area contributed by atoms with E-state index in [4.69, 9.17) is 0 Å². The number of fused-ring (bicyclic) bond motifs is 1. The van der Waals surface area contributed by atoms with Crippen LogP contribution in [0.25, 0.3) is 10.2 Å². The molecule has 1 amide bonds. The molecular formula is C26H24BrN3O4S. The number of para-hydroxylation sites is 1. The second kappa shape index (κ2) is 11.4. The summed E-state index contributed by atoms with van der Waals surface area (Å²) in [5, 5.41) is 4.60. The normalized spacial score (nSPS) is 11.0. The SMILES string of the molecule is O=C(CCCCCn1c(=O)c2sccc2n(CC(=O)c2ccc(Br)cc2)c1=O)Nc1ccccc1. The fourth-order valence-corrected chi connectivity index (χ4v) is 4.94.